The third kappa shape index (κ3) is 6.20. The molecule has 2 N–H and O–H groups in total. The molecule has 0 saturated heterocycles. The first kappa shape index (κ1) is 22.1. The molecule has 0 saturated carbocycles. The van der Waals surface area contributed by atoms with Crippen molar-refractivity contribution >= 4 is 22.6 Å². The summed E-state index contributed by atoms with van der Waals surface area (Å²) in [7, 11) is 0. The van der Waals surface area contributed by atoms with Gasteiger partial charge in [0.2, 0.25) is 0 Å². The first-order valence-electron chi connectivity index (χ1n) is 11.0. The predicted octanol–water partition coefficient (Wildman–Crippen LogP) is 4.51. The Balaban J connectivity index is 1.41. The quantitative estimate of drug-likeness (QED) is 0.404. The molecule has 0 heterocycles. The first-order valence-corrected chi connectivity index (χ1v) is 11.0. The molecule has 33 heavy (non-hydrogen) atoms. The minimum Gasteiger partial charge on any atom is -0.483 e. The Morgan fingerprint density at radius 2 is 1.30 bits per heavy atom. The molecule has 0 bridgehead atoms. The van der Waals surface area contributed by atoms with Crippen molar-refractivity contribution in [3.63, 3.8) is 0 Å². The minimum absolute atomic E-state index is 0.161. The lowest BCUT2D eigenvalue weighted by Crippen LogP contribution is -2.31. The Hall–Kier alpha value is -4.12. The maximum atomic E-state index is 13.0. The highest BCUT2D eigenvalue weighted by molar-refractivity contribution is 6.01. The molecule has 5 nitrogen and oxygen atoms in total. The standard InChI is InChI=1S/C28H26N2O3/c31-27(29-16-15-21-9-3-1-4-10-21)20-33-26-18-24-14-8-7-13-23(24)17-25(26)28(32)30-19-22-11-5-2-6-12-22/h1-14,17-18H,15-16,19-20H2,(H,29,31)(H,30,32). The Morgan fingerprint density at radius 3 is 2.00 bits per heavy atom. The second kappa shape index (κ2) is 11.0. The van der Waals surface area contributed by atoms with Crippen LogP contribution >= 0.6 is 0 Å². The maximum absolute atomic E-state index is 13.0. The van der Waals surface area contributed by atoms with Gasteiger partial charge in [-0.05, 0) is 40.5 Å². The molecule has 0 radical (unpaired) electrons. The van der Waals surface area contributed by atoms with Crippen LogP contribution in [0.3, 0.4) is 0 Å². The largest absolute Gasteiger partial charge is 0.483 e. The number of ether oxygens (including phenoxy) is 1. The van der Waals surface area contributed by atoms with Crippen molar-refractivity contribution in [1.29, 1.82) is 0 Å². The summed E-state index contributed by atoms with van der Waals surface area (Å²) in [6.07, 6.45) is 0.746. The van der Waals surface area contributed by atoms with Crippen LogP contribution in [0.4, 0.5) is 0 Å². The highest BCUT2D eigenvalue weighted by Gasteiger charge is 2.15. The van der Waals surface area contributed by atoms with E-state index in [0.717, 1.165) is 28.3 Å². The topological polar surface area (TPSA) is 67.4 Å². The van der Waals surface area contributed by atoms with Gasteiger partial charge in [0, 0.05) is 13.1 Å². The van der Waals surface area contributed by atoms with Crippen molar-refractivity contribution in [1.82, 2.24) is 10.6 Å². The van der Waals surface area contributed by atoms with Gasteiger partial charge in [0.05, 0.1) is 5.56 Å². The van der Waals surface area contributed by atoms with E-state index in [1.807, 2.05) is 91.0 Å². The van der Waals surface area contributed by atoms with E-state index < -0.39 is 0 Å². The van der Waals surface area contributed by atoms with Gasteiger partial charge in [0.15, 0.2) is 6.61 Å². The highest BCUT2D eigenvalue weighted by atomic mass is 16.5. The van der Waals surface area contributed by atoms with Gasteiger partial charge in [0.25, 0.3) is 11.8 Å². The van der Waals surface area contributed by atoms with Crippen molar-refractivity contribution in [2.75, 3.05) is 13.2 Å². The molecule has 0 aliphatic rings. The Bertz CT molecular complexity index is 1220. The lowest BCUT2D eigenvalue weighted by molar-refractivity contribution is -0.123. The molecule has 0 fully saturated rings. The fourth-order valence-electron chi connectivity index (χ4n) is 3.57. The number of carbonyl (C=O) groups excluding carboxylic acids is 2. The van der Waals surface area contributed by atoms with Gasteiger partial charge in [-0.3, -0.25) is 9.59 Å². The second-order valence-corrected chi connectivity index (χ2v) is 7.74. The van der Waals surface area contributed by atoms with Crippen LogP contribution in [0.2, 0.25) is 0 Å². The van der Waals surface area contributed by atoms with E-state index in [1.54, 1.807) is 6.07 Å². The fourth-order valence-corrected chi connectivity index (χ4v) is 3.57. The lowest BCUT2D eigenvalue weighted by atomic mass is 10.1. The Morgan fingerprint density at radius 1 is 0.697 bits per heavy atom. The minimum atomic E-state index is -0.246. The van der Waals surface area contributed by atoms with Crippen LogP contribution in [0.5, 0.6) is 5.75 Å². The monoisotopic (exact) mass is 438 g/mol. The number of carbonyl (C=O) groups is 2. The van der Waals surface area contributed by atoms with Crippen LogP contribution in [0, 0.1) is 0 Å². The molecule has 0 aliphatic heterocycles. The van der Waals surface area contributed by atoms with E-state index in [2.05, 4.69) is 10.6 Å². The van der Waals surface area contributed by atoms with Crippen LogP contribution in [-0.2, 0) is 17.8 Å². The zero-order valence-corrected chi connectivity index (χ0v) is 18.3. The Kier molecular flexibility index (Phi) is 7.33. The summed E-state index contributed by atoms with van der Waals surface area (Å²) in [5.41, 5.74) is 2.57. The molecule has 5 heteroatoms. The fraction of sp³-hybridized carbons (Fsp3) is 0.143. The molecule has 0 atom stereocenters. The van der Waals surface area contributed by atoms with Gasteiger partial charge < -0.3 is 15.4 Å². The molecule has 0 spiro atoms. The summed E-state index contributed by atoms with van der Waals surface area (Å²) < 4.78 is 5.81. The number of benzene rings is 4. The van der Waals surface area contributed by atoms with E-state index in [4.69, 9.17) is 4.74 Å². The van der Waals surface area contributed by atoms with Gasteiger partial charge in [-0.2, -0.15) is 0 Å². The molecular weight excluding hydrogens is 412 g/mol. The summed E-state index contributed by atoms with van der Waals surface area (Å²) in [6.45, 7) is 0.770. The normalized spacial score (nSPS) is 10.5. The van der Waals surface area contributed by atoms with Crippen LogP contribution in [0.25, 0.3) is 10.8 Å². The molecular formula is C28H26N2O3. The average molecular weight is 439 g/mol. The van der Waals surface area contributed by atoms with Crippen molar-refractivity contribution < 1.29 is 14.3 Å². The molecule has 0 unspecified atom stereocenters. The summed E-state index contributed by atoms with van der Waals surface area (Å²) >= 11 is 0. The smallest absolute Gasteiger partial charge is 0.257 e. The third-order valence-corrected chi connectivity index (χ3v) is 5.33. The number of amides is 2. The van der Waals surface area contributed by atoms with Crippen LogP contribution in [0.1, 0.15) is 21.5 Å². The zero-order chi connectivity index (χ0) is 22.9. The molecule has 166 valence electrons. The van der Waals surface area contributed by atoms with E-state index in [9.17, 15) is 9.59 Å². The van der Waals surface area contributed by atoms with Gasteiger partial charge in [-0.1, -0.05) is 84.9 Å². The molecule has 4 aromatic rings. The lowest BCUT2D eigenvalue weighted by Gasteiger charge is -2.14. The van der Waals surface area contributed by atoms with Gasteiger partial charge in [-0.15, -0.1) is 0 Å². The molecule has 2 amide bonds. The number of fused-ring (bicyclic) bond motifs is 1. The van der Waals surface area contributed by atoms with Crippen LogP contribution < -0.4 is 15.4 Å². The SMILES string of the molecule is O=C(COc1cc2ccccc2cc1C(=O)NCc1ccccc1)NCCc1ccccc1. The summed E-state index contributed by atoms with van der Waals surface area (Å²) in [4.78, 5) is 25.3. The number of rotatable bonds is 9. The molecule has 0 aromatic heterocycles. The number of hydrogen-bond donors (Lipinski definition) is 2. The van der Waals surface area contributed by atoms with Crippen LogP contribution in [0.15, 0.2) is 97.1 Å². The van der Waals surface area contributed by atoms with E-state index in [0.29, 0.717) is 24.4 Å². The van der Waals surface area contributed by atoms with Crippen molar-refractivity contribution in [2.45, 2.75) is 13.0 Å². The second-order valence-electron chi connectivity index (χ2n) is 7.74. The van der Waals surface area contributed by atoms with Gasteiger partial charge in [-0.25, -0.2) is 0 Å². The molecule has 4 rings (SSSR count). The molecule has 0 aliphatic carbocycles. The van der Waals surface area contributed by atoms with E-state index in [1.165, 1.54) is 0 Å². The van der Waals surface area contributed by atoms with Gasteiger partial charge >= 0.3 is 0 Å². The van der Waals surface area contributed by atoms with Crippen LogP contribution in [-0.4, -0.2) is 25.0 Å². The number of nitrogens with one attached hydrogen (secondary N) is 2. The van der Waals surface area contributed by atoms with Crippen molar-refractivity contribution in [2.24, 2.45) is 0 Å². The zero-order valence-electron chi connectivity index (χ0n) is 18.3. The van der Waals surface area contributed by atoms with E-state index in [-0.39, 0.29) is 18.4 Å². The maximum Gasteiger partial charge on any atom is 0.257 e. The van der Waals surface area contributed by atoms with Gasteiger partial charge in [0.1, 0.15) is 5.75 Å². The van der Waals surface area contributed by atoms with Crippen molar-refractivity contribution in [3.8, 4) is 5.75 Å². The first-order chi connectivity index (χ1) is 16.2. The predicted molar refractivity (Wildman–Crippen MR) is 130 cm³/mol. The van der Waals surface area contributed by atoms with E-state index >= 15 is 0 Å². The summed E-state index contributed by atoms with van der Waals surface area (Å²) in [6, 6.07) is 31.1. The Labute approximate surface area is 193 Å². The average Bonchev–Trinajstić information content (AvgIpc) is 2.86. The molecule has 4 aromatic carbocycles. The van der Waals surface area contributed by atoms with Crippen molar-refractivity contribution in [3.05, 3.63) is 114 Å². The highest BCUT2D eigenvalue weighted by Crippen LogP contribution is 2.26. The third-order valence-electron chi connectivity index (χ3n) is 5.33. The summed E-state index contributed by atoms with van der Waals surface area (Å²) in [5.74, 6) is -0.0868. The number of hydrogen-bond acceptors (Lipinski definition) is 3. The summed E-state index contributed by atoms with van der Waals surface area (Å²) in [5, 5.41) is 7.68.